The molecular formula is C20H28N4O2. The van der Waals surface area contributed by atoms with Crippen LogP contribution in [0.4, 0.5) is 0 Å². The van der Waals surface area contributed by atoms with E-state index in [9.17, 15) is 4.79 Å². The minimum Gasteiger partial charge on any atom is -0.493 e. The molecule has 2 N–H and O–H groups in total. The highest BCUT2D eigenvalue weighted by Crippen LogP contribution is 2.25. The number of benzene rings is 1. The predicted molar refractivity (Wildman–Crippen MR) is 101 cm³/mol. The first kappa shape index (κ1) is 18.5. The fourth-order valence-electron chi connectivity index (χ4n) is 3.45. The van der Waals surface area contributed by atoms with Crippen molar-refractivity contribution in [3.63, 3.8) is 0 Å². The van der Waals surface area contributed by atoms with Gasteiger partial charge in [0.05, 0.1) is 18.5 Å². The molecule has 1 atom stereocenters. The molecule has 1 aromatic carbocycles. The summed E-state index contributed by atoms with van der Waals surface area (Å²) in [5.74, 6) is 1.18. The smallest absolute Gasteiger partial charge is 0.257 e. The minimum atomic E-state index is 0.0584. The van der Waals surface area contributed by atoms with Crippen molar-refractivity contribution in [3.8, 4) is 5.75 Å². The average molecular weight is 356 g/mol. The van der Waals surface area contributed by atoms with Crippen molar-refractivity contribution < 1.29 is 9.53 Å². The molecule has 1 aliphatic rings. The molecule has 1 fully saturated rings. The quantitative estimate of drug-likeness (QED) is 0.774. The molecule has 6 nitrogen and oxygen atoms in total. The first-order chi connectivity index (χ1) is 12.7. The molecule has 2 heterocycles. The molecule has 0 saturated carbocycles. The number of aryl methyl sites for hydroxylation is 1. The Hall–Kier alpha value is -2.34. The van der Waals surface area contributed by atoms with Crippen LogP contribution in [0.5, 0.6) is 5.75 Å². The topological polar surface area (TPSA) is 73.4 Å². The van der Waals surface area contributed by atoms with E-state index >= 15 is 0 Å². The summed E-state index contributed by atoms with van der Waals surface area (Å²) in [4.78, 5) is 19.2. The van der Waals surface area contributed by atoms with Gasteiger partial charge in [-0.3, -0.25) is 4.79 Å². The summed E-state index contributed by atoms with van der Waals surface area (Å²) in [6.45, 7) is 5.59. The van der Waals surface area contributed by atoms with Crippen LogP contribution in [-0.4, -0.2) is 46.6 Å². The normalized spacial score (nSPS) is 17.3. The van der Waals surface area contributed by atoms with Crippen LogP contribution in [0.15, 0.2) is 36.9 Å². The molecule has 0 bridgehead atoms. The second-order valence-corrected chi connectivity index (χ2v) is 7.01. The first-order valence-corrected chi connectivity index (χ1v) is 9.36. The van der Waals surface area contributed by atoms with E-state index in [0.717, 1.165) is 44.5 Å². The van der Waals surface area contributed by atoms with Crippen molar-refractivity contribution in [2.45, 2.75) is 32.7 Å². The fraction of sp³-hybridized carbons (Fsp3) is 0.500. The monoisotopic (exact) mass is 356 g/mol. The Balaban J connectivity index is 1.69. The number of amides is 1. The van der Waals surface area contributed by atoms with Gasteiger partial charge in [0.2, 0.25) is 0 Å². The van der Waals surface area contributed by atoms with E-state index in [1.807, 2.05) is 42.5 Å². The fourth-order valence-corrected chi connectivity index (χ4v) is 3.45. The highest BCUT2D eigenvalue weighted by atomic mass is 16.5. The maximum Gasteiger partial charge on any atom is 0.257 e. The number of carbonyl (C=O) groups excluding carboxylic acids is 1. The Morgan fingerprint density at radius 1 is 1.42 bits per heavy atom. The van der Waals surface area contributed by atoms with Crippen LogP contribution >= 0.6 is 0 Å². The number of piperidine rings is 1. The molecule has 1 aliphatic heterocycles. The molecule has 26 heavy (non-hydrogen) atoms. The average Bonchev–Trinajstić information content (AvgIpc) is 3.15. The van der Waals surface area contributed by atoms with Gasteiger partial charge >= 0.3 is 0 Å². The highest BCUT2D eigenvalue weighted by Gasteiger charge is 2.26. The summed E-state index contributed by atoms with van der Waals surface area (Å²) < 4.78 is 7.93. The summed E-state index contributed by atoms with van der Waals surface area (Å²) in [6, 6.07) is 5.79. The molecule has 0 radical (unpaired) electrons. The van der Waals surface area contributed by atoms with E-state index in [0.29, 0.717) is 30.4 Å². The van der Waals surface area contributed by atoms with Crippen LogP contribution in [0.1, 0.15) is 35.2 Å². The molecule has 1 amide bonds. The van der Waals surface area contributed by atoms with Gasteiger partial charge in [-0.2, -0.15) is 0 Å². The number of rotatable bonds is 7. The van der Waals surface area contributed by atoms with Gasteiger partial charge in [-0.1, -0.05) is 6.07 Å². The lowest BCUT2D eigenvalue weighted by molar-refractivity contribution is 0.0658. The summed E-state index contributed by atoms with van der Waals surface area (Å²) in [5, 5.41) is 0. The van der Waals surface area contributed by atoms with E-state index in [2.05, 4.69) is 9.55 Å². The largest absolute Gasteiger partial charge is 0.493 e. The van der Waals surface area contributed by atoms with E-state index < -0.39 is 0 Å². The van der Waals surface area contributed by atoms with Gasteiger partial charge in [0.25, 0.3) is 5.91 Å². The van der Waals surface area contributed by atoms with Gasteiger partial charge in [0.1, 0.15) is 5.75 Å². The van der Waals surface area contributed by atoms with Gasteiger partial charge in [0.15, 0.2) is 0 Å². The van der Waals surface area contributed by atoms with Crippen LogP contribution < -0.4 is 10.5 Å². The molecule has 3 rings (SSSR count). The third-order valence-corrected chi connectivity index (χ3v) is 4.81. The maximum atomic E-state index is 13.1. The van der Waals surface area contributed by atoms with Crippen molar-refractivity contribution >= 4 is 5.91 Å². The van der Waals surface area contributed by atoms with Crippen LogP contribution in [-0.2, 0) is 6.54 Å². The number of carbonyl (C=O) groups is 1. The molecule has 140 valence electrons. The summed E-state index contributed by atoms with van der Waals surface area (Å²) in [5.41, 5.74) is 7.28. The highest BCUT2D eigenvalue weighted by molar-refractivity contribution is 5.97. The van der Waals surface area contributed by atoms with E-state index in [1.54, 1.807) is 6.20 Å². The maximum absolute atomic E-state index is 13.1. The number of nitrogens with zero attached hydrogens (tertiary/aromatic N) is 3. The summed E-state index contributed by atoms with van der Waals surface area (Å²) >= 11 is 0. The van der Waals surface area contributed by atoms with Crippen LogP contribution in [0.25, 0.3) is 0 Å². The second-order valence-electron chi connectivity index (χ2n) is 7.01. The summed E-state index contributed by atoms with van der Waals surface area (Å²) in [7, 11) is 0. The second kappa shape index (κ2) is 8.85. The van der Waals surface area contributed by atoms with Gasteiger partial charge in [0, 0.05) is 32.0 Å². The van der Waals surface area contributed by atoms with Crippen molar-refractivity contribution in [2.24, 2.45) is 11.7 Å². The summed E-state index contributed by atoms with van der Waals surface area (Å²) in [6.07, 6.45) is 8.55. The molecule has 0 unspecified atom stereocenters. The standard InChI is InChI=1S/C20H28N4O2/c1-16-5-6-18(19(12-16)26-11-3-7-21)20(25)24-9-2-4-17(14-24)13-23-10-8-22-15-23/h5-6,8,10,12,15,17H,2-4,7,9,11,13-14,21H2,1H3/t17-/m1/s1. The molecule has 0 aliphatic carbocycles. The number of likely N-dealkylation sites (tertiary alicyclic amines) is 1. The molecule has 6 heteroatoms. The number of imidazole rings is 1. The van der Waals surface area contributed by atoms with Crippen molar-refractivity contribution in [1.82, 2.24) is 14.5 Å². The minimum absolute atomic E-state index is 0.0584. The lowest BCUT2D eigenvalue weighted by Crippen LogP contribution is -2.41. The lowest BCUT2D eigenvalue weighted by atomic mass is 9.97. The van der Waals surface area contributed by atoms with Gasteiger partial charge in [-0.15, -0.1) is 0 Å². The number of hydrogen-bond acceptors (Lipinski definition) is 4. The molecule has 1 saturated heterocycles. The van der Waals surface area contributed by atoms with Crippen LogP contribution in [0.3, 0.4) is 0 Å². The zero-order chi connectivity index (χ0) is 18.4. The number of nitrogens with two attached hydrogens (primary N) is 1. The zero-order valence-electron chi connectivity index (χ0n) is 15.4. The van der Waals surface area contributed by atoms with Crippen molar-refractivity contribution in [3.05, 3.63) is 48.0 Å². The third-order valence-electron chi connectivity index (χ3n) is 4.81. The number of aromatic nitrogens is 2. The Labute approximate surface area is 155 Å². The van der Waals surface area contributed by atoms with E-state index in [1.165, 1.54) is 0 Å². The van der Waals surface area contributed by atoms with Crippen LogP contribution in [0, 0.1) is 12.8 Å². The Bertz CT molecular complexity index is 715. The molecule has 0 spiro atoms. The van der Waals surface area contributed by atoms with Gasteiger partial charge in [-0.25, -0.2) is 4.98 Å². The van der Waals surface area contributed by atoms with E-state index in [4.69, 9.17) is 10.5 Å². The third kappa shape index (κ3) is 4.64. The molecule has 1 aromatic heterocycles. The lowest BCUT2D eigenvalue weighted by Gasteiger charge is -2.33. The Kier molecular flexibility index (Phi) is 6.28. The SMILES string of the molecule is Cc1ccc(C(=O)N2CCC[C@H](Cn3ccnc3)C2)c(OCCCN)c1. The van der Waals surface area contributed by atoms with Gasteiger partial charge in [-0.05, 0) is 56.3 Å². The molecular weight excluding hydrogens is 328 g/mol. The number of hydrogen-bond donors (Lipinski definition) is 1. The number of ether oxygens (including phenoxy) is 1. The van der Waals surface area contributed by atoms with E-state index in [-0.39, 0.29) is 5.91 Å². The first-order valence-electron chi connectivity index (χ1n) is 9.36. The van der Waals surface area contributed by atoms with Crippen molar-refractivity contribution in [2.75, 3.05) is 26.2 Å². The Morgan fingerprint density at radius 3 is 3.08 bits per heavy atom. The molecule has 2 aromatic rings. The predicted octanol–water partition coefficient (Wildman–Crippen LogP) is 2.47. The Morgan fingerprint density at radius 2 is 2.31 bits per heavy atom. The van der Waals surface area contributed by atoms with Crippen LogP contribution in [0.2, 0.25) is 0 Å². The zero-order valence-corrected chi connectivity index (χ0v) is 15.4. The van der Waals surface area contributed by atoms with Crippen molar-refractivity contribution in [1.29, 1.82) is 0 Å². The van der Waals surface area contributed by atoms with Gasteiger partial charge < -0.3 is 19.9 Å².